The van der Waals surface area contributed by atoms with Gasteiger partial charge in [0, 0.05) is 29.5 Å². The first kappa shape index (κ1) is 18.5. The van der Waals surface area contributed by atoms with Crippen molar-refractivity contribution in [2.24, 2.45) is 16.5 Å². The number of aliphatic hydroxyl groups excluding tert-OH is 1. The molecule has 2 rings (SSSR count). The number of anilines is 1. The summed E-state index contributed by atoms with van der Waals surface area (Å²) in [6.07, 6.45) is 0.223. The zero-order chi connectivity index (χ0) is 18.4. The van der Waals surface area contributed by atoms with Crippen LogP contribution in [0.25, 0.3) is 5.70 Å². The van der Waals surface area contributed by atoms with Gasteiger partial charge in [0.05, 0.1) is 0 Å². The van der Waals surface area contributed by atoms with Crippen molar-refractivity contribution in [3.8, 4) is 0 Å². The molecule has 0 heterocycles. The molecule has 0 aliphatic heterocycles. The van der Waals surface area contributed by atoms with E-state index in [0.717, 1.165) is 0 Å². The molecule has 1 atom stereocenters. The highest BCUT2D eigenvalue weighted by molar-refractivity contribution is 6.30. The van der Waals surface area contributed by atoms with Gasteiger partial charge >= 0.3 is 0 Å². The molecule has 2 aromatic rings. The van der Waals surface area contributed by atoms with E-state index in [1.165, 1.54) is 6.08 Å². The lowest BCUT2D eigenvalue weighted by Gasteiger charge is -2.13. The summed E-state index contributed by atoms with van der Waals surface area (Å²) in [4.78, 5) is 16.0. The lowest BCUT2D eigenvalue weighted by molar-refractivity contribution is -0.124. The number of hydrogen-bond donors (Lipinski definition) is 4. The van der Waals surface area contributed by atoms with Crippen LogP contribution in [0.1, 0.15) is 17.2 Å². The zero-order valence-corrected chi connectivity index (χ0v) is 14.4. The standard InChI is InChI=1S/C18H19ClN4O2/c1-22-16(21)10-15(20)12-3-2-4-14(9-12)23-18(25)17(24)11-5-7-13(19)8-6-11/h2-10,17,24H,20H2,1H3,(H2,21,22)(H,23,25)/b15-10-. The summed E-state index contributed by atoms with van der Waals surface area (Å²) in [7, 11) is 1.56. The number of amidine groups is 1. The molecule has 25 heavy (non-hydrogen) atoms. The monoisotopic (exact) mass is 358 g/mol. The second kappa shape index (κ2) is 8.32. The van der Waals surface area contributed by atoms with Gasteiger partial charge in [0.15, 0.2) is 6.10 Å². The Hall–Kier alpha value is -2.83. The highest BCUT2D eigenvalue weighted by Crippen LogP contribution is 2.20. The maximum absolute atomic E-state index is 12.2. The van der Waals surface area contributed by atoms with Crippen LogP contribution in [0.4, 0.5) is 5.69 Å². The smallest absolute Gasteiger partial charge is 0.257 e. The van der Waals surface area contributed by atoms with Crippen LogP contribution in [0.15, 0.2) is 59.6 Å². The fraction of sp³-hybridized carbons (Fsp3) is 0.111. The molecular formula is C18H19ClN4O2. The molecule has 0 saturated carbocycles. The molecule has 1 amide bonds. The van der Waals surface area contributed by atoms with Crippen molar-refractivity contribution >= 4 is 34.7 Å². The molecule has 0 aromatic heterocycles. The number of aliphatic hydroxyl groups is 1. The Morgan fingerprint density at radius 3 is 2.56 bits per heavy atom. The molecule has 2 aromatic carbocycles. The van der Waals surface area contributed by atoms with E-state index in [1.807, 2.05) is 0 Å². The van der Waals surface area contributed by atoms with Gasteiger partial charge in [0.1, 0.15) is 5.84 Å². The first-order valence-corrected chi connectivity index (χ1v) is 7.82. The van der Waals surface area contributed by atoms with Gasteiger partial charge in [0.2, 0.25) is 0 Å². The Morgan fingerprint density at radius 1 is 1.24 bits per heavy atom. The number of carbonyl (C=O) groups excluding carboxylic acids is 1. The Labute approximate surface area is 150 Å². The molecule has 1 unspecified atom stereocenters. The number of nitrogens with zero attached hydrogens (tertiary/aromatic N) is 1. The predicted molar refractivity (Wildman–Crippen MR) is 101 cm³/mol. The fourth-order valence-electron chi connectivity index (χ4n) is 2.09. The SMILES string of the molecule is CN=C(N)/C=C(\N)c1cccc(NC(=O)C(O)c2ccc(Cl)cc2)c1. The Balaban J connectivity index is 2.14. The summed E-state index contributed by atoms with van der Waals surface area (Å²) in [6.45, 7) is 0. The summed E-state index contributed by atoms with van der Waals surface area (Å²) >= 11 is 5.80. The van der Waals surface area contributed by atoms with Crippen molar-refractivity contribution in [3.63, 3.8) is 0 Å². The van der Waals surface area contributed by atoms with E-state index in [4.69, 9.17) is 23.1 Å². The average molecular weight is 359 g/mol. The van der Waals surface area contributed by atoms with E-state index >= 15 is 0 Å². The van der Waals surface area contributed by atoms with Crippen molar-refractivity contribution < 1.29 is 9.90 Å². The molecule has 0 radical (unpaired) electrons. The number of carbonyl (C=O) groups is 1. The van der Waals surface area contributed by atoms with Gasteiger partial charge in [-0.1, -0.05) is 35.9 Å². The minimum absolute atomic E-state index is 0.296. The molecule has 0 aliphatic rings. The fourth-order valence-corrected chi connectivity index (χ4v) is 2.22. The molecule has 0 aliphatic carbocycles. The average Bonchev–Trinajstić information content (AvgIpc) is 2.61. The van der Waals surface area contributed by atoms with Crippen LogP contribution in [0.5, 0.6) is 0 Å². The summed E-state index contributed by atoms with van der Waals surface area (Å²) in [5.41, 5.74) is 13.6. The summed E-state index contributed by atoms with van der Waals surface area (Å²) in [5, 5.41) is 13.3. The van der Waals surface area contributed by atoms with E-state index in [9.17, 15) is 9.90 Å². The van der Waals surface area contributed by atoms with E-state index in [-0.39, 0.29) is 0 Å². The second-order valence-electron chi connectivity index (χ2n) is 5.27. The molecule has 130 valence electrons. The van der Waals surface area contributed by atoms with Crippen LogP contribution in [-0.2, 0) is 4.79 Å². The van der Waals surface area contributed by atoms with Crippen molar-refractivity contribution in [3.05, 3.63) is 70.8 Å². The Kier molecular flexibility index (Phi) is 6.16. The van der Waals surface area contributed by atoms with Gasteiger partial charge in [0.25, 0.3) is 5.91 Å². The topological polar surface area (TPSA) is 114 Å². The molecule has 0 fully saturated rings. The zero-order valence-electron chi connectivity index (χ0n) is 13.6. The van der Waals surface area contributed by atoms with Crippen molar-refractivity contribution in [2.45, 2.75) is 6.10 Å². The van der Waals surface area contributed by atoms with Crippen LogP contribution in [-0.4, -0.2) is 23.9 Å². The third kappa shape index (κ3) is 5.07. The highest BCUT2D eigenvalue weighted by atomic mass is 35.5. The van der Waals surface area contributed by atoms with Crippen LogP contribution in [0.3, 0.4) is 0 Å². The Bertz CT molecular complexity index is 816. The number of halogens is 1. The quantitative estimate of drug-likeness (QED) is 0.485. The van der Waals surface area contributed by atoms with Crippen molar-refractivity contribution in [1.82, 2.24) is 0 Å². The van der Waals surface area contributed by atoms with Gasteiger partial charge in [-0.05, 0) is 35.4 Å². The molecule has 6 N–H and O–H groups in total. The van der Waals surface area contributed by atoms with E-state index < -0.39 is 12.0 Å². The number of rotatable bonds is 5. The van der Waals surface area contributed by atoms with Crippen LogP contribution in [0, 0.1) is 0 Å². The molecular weight excluding hydrogens is 340 g/mol. The normalized spacial score (nSPS) is 13.4. The number of benzene rings is 2. The van der Waals surface area contributed by atoms with Gasteiger partial charge < -0.3 is 21.9 Å². The number of hydrogen-bond acceptors (Lipinski definition) is 4. The third-order valence-electron chi connectivity index (χ3n) is 3.46. The Morgan fingerprint density at radius 2 is 1.92 bits per heavy atom. The van der Waals surface area contributed by atoms with Gasteiger partial charge in [-0.15, -0.1) is 0 Å². The van der Waals surface area contributed by atoms with E-state index in [1.54, 1.807) is 55.6 Å². The maximum atomic E-state index is 12.2. The van der Waals surface area contributed by atoms with Crippen molar-refractivity contribution in [2.75, 3.05) is 12.4 Å². The van der Waals surface area contributed by atoms with E-state index in [2.05, 4.69) is 10.3 Å². The first-order chi connectivity index (χ1) is 11.9. The highest BCUT2D eigenvalue weighted by Gasteiger charge is 2.17. The summed E-state index contributed by atoms with van der Waals surface area (Å²) < 4.78 is 0. The number of amides is 1. The first-order valence-electron chi connectivity index (χ1n) is 7.45. The van der Waals surface area contributed by atoms with Gasteiger partial charge in [-0.3, -0.25) is 9.79 Å². The number of nitrogens with two attached hydrogens (primary N) is 2. The number of aliphatic imine (C=N–C) groups is 1. The molecule has 6 nitrogen and oxygen atoms in total. The minimum atomic E-state index is -1.31. The van der Waals surface area contributed by atoms with Crippen LogP contribution in [0.2, 0.25) is 5.02 Å². The predicted octanol–water partition coefficient (Wildman–Crippen LogP) is 2.30. The van der Waals surface area contributed by atoms with Crippen molar-refractivity contribution in [1.29, 1.82) is 0 Å². The molecule has 0 bridgehead atoms. The largest absolute Gasteiger partial charge is 0.398 e. The lowest BCUT2D eigenvalue weighted by Crippen LogP contribution is -2.20. The minimum Gasteiger partial charge on any atom is -0.398 e. The second-order valence-corrected chi connectivity index (χ2v) is 5.71. The van der Waals surface area contributed by atoms with Gasteiger partial charge in [-0.2, -0.15) is 0 Å². The number of nitrogens with one attached hydrogen (secondary N) is 1. The van der Waals surface area contributed by atoms with Gasteiger partial charge in [-0.25, -0.2) is 0 Å². The third-order valence-corrected chi connectivity index (χ3v) is 3.71. The summed E-state index contributed by atoms with van der Waals surface area (Å²) in [5.74, 6) is -0.262. The van der Waals surface area contributed by atoms with Crippen LogP contribution < -0.4 is 16.8 Å². The molecule has 7 heteroatoms. The maximum Gasteiger partial charge on any atom is 0.257 e. The summed E-state index contributed by atoms with van der Waals surface area (Å²) in [6, 6.07) is 13.3. The molecule has 0 spiro atoms. The lowest BCUT2D eigenvalue weighted by atomic mass is 10.1. The molecule has 0 saturated heterocycles. The van der Waals surface area contributed by atoms with Crippen LogP contribution >= 0.6 is 11.6 Å². The van der Waals surface area contributed by atoms with E-state index in [0.29, 0.717) is 33.4 Å².